The Kier molecular flexibility index (Phi) is 2.47. The molecule has 14 heavy (non-hydrogen) atoms. The molecular weight excluding hydrogens is 192 g/mol. The molecular formula is C6H6N4O4. The SMILES string of the molecule is Nc1cccc(N([N+](=O)[O-])[N+](=O)[O-])c1. The van der Waals surface area contributed by atoms with Gasteiger partial charge >= 0.3 is 0 Å². The van der Waals surface area contributed by atoms with Gasteiger partial charge in [-0.3, -0.25) is 0 Å². The maximum absolute atomic E-state index is 10.3. The van der Waals surface area contributed by atoms with Crippen LogP contribution in [0.2, 0.25) is 0 Å². The Hall–Kier alpha value is -2.38. The molecule has 0 aliphatic rings. The minimum absolute atomic E-state index is 0.194. The van der Waals surface area contributed by atoms with E-state index >= 15 is 0 Å². The maximum atomic E-state index is 10.3. The predicted octanol–water partition coefficient (Wildman–Crippen LogP) is 0.459. The van der Waals surface area contributed by atoms with E-state index in [-0.39, 0.29) is 16.5 Å². The van der Waals surface area contributed by atoms with E-state index in [9.17, 15) is 20.2 Å². The zero-order valence-corrected chi connectivity index (χ0v) is 6.86. The third kappa shape index (κ3) is 1.86. The van der Waals surface area contributed by atoms with E-state index in [1.54, 1.807) is 0 Å². The molecule has 0 radical (unpaired) electrons. The Balaban J connectivity index is 3.12. The fourth-order valence-corrected chi connectivity index (χ4v) is 0.897. The molecule has 8 nitrogen and oxygen atoms in total. The van der Waals surface area contributed by atoms with Crippen LogP contribution in [0.15, 0.2) is 24.3 Å². The zero-order chi connectivity index (χ0) is 10.7. The van der Waals surface area contributed by atoms with Gasteiger partial charge in [0.25, 0.3) is 0 Å². The summed E-state index contributed by atoms with van der Waals surface area (Å²) in [6.07, 6.45) is 0. The van der Waals surface area contributed by atoms with E-state index in [0.29, 0.717) is 0 Å². The molecule has 2 N–H and O–H groups in total. The number of nitrogens with two attached hydrogens (primary N) is 1. The Labute approximate surface area is 77.8 Å². The minimum atomic E-state index is -1.13. The van der Waals surface area contributed by atoms with Gasteiger partial charge in [0, 0.05) is 5.69 Å². The number of rotatable bonds is 3. The molecule has 0 atom stereocenters. The van der Waals surface area contributed by atoms with Crippen molar-refractivity contribution in [2.45, 2.75) is 0 Å². The summed E-state index contributed by atoms with van der Waals surface area (Å²) in [5.41, 5.74) is 5.35. The highest BCUT2D eigenvalue weighted by Gasteiger charge is 2.29. The van der Waals surface area contributed by atoms with Gasteiger partial charge in [0.15, 0.2) is 10.8 Å². The number of hydrogen-bond acceptors (Lipinski definition) is 5. The summed E-state index contributed by atoms with van der Waals surface area (Å²) >= 11 is 0. The third-order valence-electron chi connectivity index (χ3n) is 1.41. The van der Waals surface area contributed by atoms with E-state index in [2.05, 4.69) is 0 Å². The summed E-state index contributed by atoms with van der Waals surface area (Å²) in [5, 5.41) is 18.1. The number of nitrogens with zero attached hydrogens (tertiary/aromatic N) is 3. The van der Waals surface area contributed by atoms with E-state index in [1.807, 2.05) is 0 Å². The second-order valence-electron chi connectivity index (χ2n) is 2.36. The fraction of sp³-hybridized carbons (Fsp3) is 0. The van der Waals surface area contributed by atoms with Crippen LogP contribution >= 0.6 is 0 Å². The minimum Gasteiger partial charge on any atom is -0.399 e. The van der Waals surface area contributed by atoms with Crippen molar-refractivity contribution in [1.29, 1.82) is 0 Å². The third-order valence-corrected chi connectivity index (χ3v) is 1.41. The lowest BCUT2D eigenvalue weighted by Crippen LogP contribution is -2.35. The van der Waals surface area contributed by atoms with Crippen LogP contribution in [0.1, 0.15) is 0 Å². The Morgan fingerprint density at radius 2 is 1.79 bits per heavy atom. The van der Waals surface area contributed by atoms with E-state index in [1.165, 1.54) is 18.2 Å². The van der Waals surface area contributed by atoms with Gasteiger partial charge in [-0.15, -0.1) is 0 Å². The van der Waals surface area contributed by atoms with E-state index in [4.69, 9.17) is 5.73 Å². The molecule has 0 fully saturated rings. The normalized spacial score (nSPS) is 9.43. The molecule has 1 aromatic carbocycles. The van der Waals surface area contributed by atoms with Crippen molar-refractivity contribution in [2.75, 3.05) is 10.9 Å². The topological polar surface area (TPSA) is 116 Å². The molecule has 0 heterocycles. The number of nitrogen functional groups attached to an aromatic ring is 1. The van der Waals surface area contributed by atoms with E-state index < -0.39 is 10.1 Å². The monoisotopic (exact) mass is 198 g/mol. The van der Waals surface area contributed by atoms with Crippen LogP contribution in [0, 0.1) is 20.2 Å². The van der Waals surface area contributed by atoms with Gasteiger partial charge in [-0.1, -0.05) is 6.07 Å². The molecule has 0 bridgehead atoms. The number of hydrogen-bond donors (Lipinski definition) is 1. The molecule has 0 aliphatic heterocycles. The van der Waals surface area contributed by atoms with Gasteiger partial charge in [-0.2, -0.15) is 0 Å². The Morgan fingerprint density at radius 3 is 2.21 bits per heavy atom. The average Bonchev–Trinajstić information content (AvgIpc) is 2.02. The molecule has 0 aromatic heterocycles. The molecule has 0 unspecified atom stereocenters. The van der Waals surface area contributed by atoms with Crippen LogP contribution in [-0.4, -0.2) is 10.1 Å². The smallest absolute Gasteiger partial charge is 0.228 e. The Morgan fingerprint density at radius 1 is 1.21 bits per heavy atom. The Bertz CT molecular complexity index is 366. The highest BCUT2D eigenvalue weighted by molar-refractivity contribution is 5.52. The quantitative estimate of drug-likeness (QED) is 0.428. The van der Waals surface area contributed by atoms with Crippen LogP contribution in [0.5, 0.6) is 0 Å². The highest BCUT2D eigenvalue weighted by Crippen LogP contribution is 2.17. The van der Waals surface area contributed by atoms with Crippen LogP contribution < -0.4 is 10.9 Å². The second kappa shape index (κ2) is 3.56. The fourth-order valence-electron chi connectivity index (χ4n) is 0.897. The number of anilines is 2. The summed E-state index contributed by atoms with van der Waals surface area (Å²) in [5.74, 6) is 0. The van der Waals surface area contributed by atoms with Crippen molar-refractivity contribution in [1.82, 2.24) is 0 Å². The van der Waals surface area contributed by atoms with Crippen molar-refractivity contribution in [3.8, 4) is 0 Å². The molecule has 1 rings (SSSR count). The lowest BCUT2D eigenvalue weighted by Gasteiger charge is -2.03. The van der Waals surface area contributed by atoms with E-state index in [0.717, 1.165) is 6.07 Å². The maximum Gasteiger partial charge on any atom is 0.228 e. The second-order valence-corrected chi connectivity index (χ2v) is 2.36. The average molecular weight is 198 g/mol. The molecule has 0 amide bonds. The van der Waals surface area contributed by atoms with Crippen LogP contribution in [0.4, 0.5) is 11.4 Å². The lowest BCUT2D eigenvalue weighted by molar-refractivity contribution is -0.711. The lowest BCUT2D eigenvalue weighted by atomic mass is 10.3. The molecule has 1 aromatic rings. The molecule has 0 saturated carbocycles. The van der Waals surface area contributed by atoms with Crippen molar-refractivity contribution in [2.24, 2.45) is 0 Å². The van der Waals surface area contributed by atoms with Gasteiger partial charge in [0.05, 0.1) is 0 Å². The summed E-state index contributed by atoms with van der Waals surface area (Å²) in [4.78, 5) is 20.6. The predicted molar refractivity (Wildman–Crippen MR) is 47.3 cm³/mol. The first-order valence-electron chi connectivity index (χ1n) is 3.46. The first-order valence-corrected chi connectivity index (χ1v) is 3.46. The first-order chi connectivity index (χ1) is 6.52. The first kappa shape index (κ1) is 9.71. The summed E-state index contributed by atoms with van der Waals surface area (Å²) < 4.78 is 0. The van der Waals surface area contributed by atoms with Gasteiger partial charge in [-0.05, 0) is 18.2 Å². The standard InChI is InChI=1S/C6H6N4O4/c7-5-2-1-3-6(4-5)8(9(11)12)10(13)14/h1-4H,7H2. The van der Waals surface area contributed by atoms with Crippen LogP contribution in [-0.2, 0) is 0 Å². The molecule has 0 saturated heterocycles. The molecule has 0 aliphatic carbocycles. The molecule has 74 valence electrons. The number of hydrazine groups is 2. The molecule has 8 heteroatoms. The highest BCUT2D eigenvalue weighted by atomic mass is 16.8. The summed E-state index contributed by atoms with van der Waals surface area (Å²) in [6, 6.07) is 5.24. The van der Waals surface area contributed by atoms with Crippen molar-refractivity contribution in [3.63, 3.8) is 0 Å². The van der Waals surface area contributed by atoms with Gasteiger partial charge in [0.2, 0.25) is 10.1 Å². The summed E-state index contributed by atoms with van der Waals surface area (Å²) in [7, 11) is 0. The van der Waals surface area contributed by atoms with Gasteiger partial charge < -0.3 is 5.73 Å². The van der Waals surface area contributed by atoms with Gasteiger partial charge in [0.1, 0.15) is 0 Å². The largest absolute Gasteiger partial charge is 0.399 e. The van der Waals surface area contributed by atoms with Crippen LogP contribution in [0.25, 0.3) is 0 Å². The van der Waals surface area contributed by atoms with Crippen molar-refractivity contribution in [3.05, 3.63) is 44.5 Å². The van der Waals surface area contributed by atoms with Crippen LogP contribution in [0.3, 0.4) is 0 Å². The zero-order valence-electron chi connectivity index (χ0n) is 6.86. The summed E-state index contributed by atoms with van der Waals surface area (Å²) in [6.45, 7) is 0. The van der Waals surface area contributed by atoms with Gasteiger partial charge in [-0.25, -0.2) is 20.2 Å². The number of nitro groups is 2. The molecule has 0 spiro atoms. The van der Waals surface area contributed by atoms with Crippen molar-refractivity contribution < 1.29 is 10.1 Å². The van der Waals surface area contributed by atoms with Crippen molar-refractivity contribution >= 4 is 11.4 Å². The number of benzene rings is 1.